The number of carbonyl (C=O) groups excluding carboxylic acids is 1. The Morgan fingerprint density at radius 1 is 1.12 bits per heavy atom. The van der Waals surface area contributed by atoms with Crippen molar-refractivity contribution >= 4 is 21.7 Å². The maximum Gasteiger partial charge on any atom is 0.194 e. The fraction of sp³-hybridized carbons (Fsp3) is 0.0714. The largest absolute Gasteiger partial charge is 0.289 e. The molecule has 17 heavy (non-hydrogen) atoms. The van der Waals surface area contributed by atoms with Crippen LogP contribution in [0.5, 0.6) is 0 Å². The van der Waals surface area contributed by atoms with Crippen LogP contribution in [0.15, 0.2) is 46.9 Å². The van der Waals surface area contributed by atoms with Crippen LogP contribution >= 0.6 is 15.9 Å². The van der Waals surface area contributed by atoms with E-state index < -0.39 is 5.82 Å². The Kier molecular flexibility index (Phi) is 3.38. The van der Waals surface area contributed by atoms with Crippen molar-refractivity contribution in [3.63, 3.8) is 0 Å². The summed E-state index contributed by atoms with van der Waals surface area (Å²) in [6.45, 7) is 1.80. The highest BCUT2D eigenvalue weighted by atomic mass is 79.9. The molecule has 2 aromatic carbocycles. The van der Waals surface area contributed by atoms with E-state index in [-0.39, 0.29) is 5.78 Å². The molecule has 86 valence electrons. The monoisotopic (exact) mass is 292 g/mol. The Balaban J connectivity index is 2.51. The predicted molar refractivity (Wildman–Crippen MR) is 68.7 cm³/mol. The van der Waals surface area contributed by atoms with Crippen molar-refractivity contribution in [3.8, 4) is 0 Å². The van der Waals surface area contributed by atoms with Gasteiger partial charge < -0.3 is 0 Å². The lowest BCUT2D eigenvalue weighted by Gasteiger charge is -2.06. The van der Waals surface area contributed by atoms with Gasteiger partial charge in [-0.3, -0.25) is 4.79 Å². The molecule has 0 saturated heterocycles. The van der Waals surface area contributed by atoms with Gasteiger partial charge in [0, 0.05) is 15.6 Å². The quantitative estimate of drug-likeness (QED) is 0.761. The minimum atomic E-state index is -0.397. The van der Waals surface area contributed by atoms with Gasteiger partial charge in [0.2, 0.25) is 0 Å². The van der Waals surface area contributed by atoms with Crippen LogP contribution in [0.2, 0.25) is 0 Å². The summed E-state index contributed by atoms with van der Waals surface area (Å²) in [6, 6.07) is 11.4. The zero-order valence-electron chi connectivity index (χ0n) is 9.21. The molecule has 0 spiro atoms. The molecule has 0 fully saturated rings. The van der Waals surface area contributed by atoms with E-state index in [9.17, 15) is 9.18 Å². The second-order valence-corrected chi connectivity index (χ2v) is 4.62. The fourth-order valence-electron chi connectivity index (χ4n) is 1.63. The van der Waals surface area contributed by atoms with Gasteiger partial charge in [-0.25, -0.2) is 4.39 Å². The molecule has 3 heteroatoms. The molecule has 0 aliphatic heterocycles. The van der Waals surface area contributed by atoms with Crippen molar-refractivity contribution < 1.29 is 9.18 Å². The Morgan fingerprint density at radius 2 is 1.82 bits per heavy atom. The highest BCUT2D eigenvalue weighted by Gasteiger charge is 2.14. The fourth-order valence-corrected chi connectivity index (χ4v) is 2.09. The minimum Gasteiger partial charge on any atom is -0.289 e. The number of hydrogen-bond acceptors (Lipinski definition) is 1. The van der Waals surface area contributed by atoms with Gasteiger partial charge in [-0.2, -0.15) is 0 Å². The van der Waals surface area contributed by atoms with Crippen LogP contribution in [-0.2, 0) is 0 Å². The van der Waals surface area contributed by atoms with Gasteiger partial charge in [0.25, 0.3) is 0 Å². The van der Waals surface area contributed by atoms with Crippen LogP contribution in [0, 0.1) is 12.7 Å². The normalized spacial score (nSPS) is 10.3. The number of aryl methyl sites for hydroxylation is 1. The van der Waals surface area contributed by atoms with Crippen LogP contribution in [-0.4, -0.2) is 5.78 Å². The van der Waals surface area contributed by atoms with Crippen molar-refractivity contribution in [2.24, 2.45) is 0 Å². The molecule has 0 amide bonds. The van der Waals surface area contributed by atoms with E-state index in [0.29, 0.717) is 15.6 Å². The van der Waals surface area contributed by atoms with Gasteiger partial charge in [0.05, 0.1) is 0 Å². The number of rotatable bonds is 2. The molecule has 0 atom stereocenters. The van der Waals surface area contributed by atoms with E-state index in [4.69, 9.17) is 0 Å². The van der Waals surface area contributed by atoms with E-state index in [2.05, 4.69) is 15.9 Å². The van der Waals surface area contributed by atoms with Crippen molar-refractivity contribution in [1.29, 1.82) is 0 Å². The molecular formula is C14H10BrFO. The molecule has 2 rings (SSSR count). The molecule has 0 bridgehead atoms. The standard InChI is InChI=1S/C14H10BrFO/c1-9-6-7-10(16)8-12(9)14(17)11-4-2-3-5-13(11)15/h2-8H,1H3. The van der Waals surface area contributed by atoms with Gasteiger partial charge >= 0.3 is 0 Å². The summed E-state index contributed by atoms with van der Waals surface area (Å²) >= 11 is 3.32. The average Bonchev–Trinajstić information content (AvgIpc) is 2.32. The summed E-state index contributed by atoms with van der Waals surface area (Å²) in [5, 5.41) is 0. The van der Waals surface area contributed by atoms with Crippen LogP contribution in [0.1, 0.15) is 21.5 Å². The van der Waals surface area contributed by atoms with Gasteiger partial charge in [-0.1, -0.05) is 34.1 Å². The van der Waals surface area contributed by atoms with Crippen molar-refractivity contribution in [3.05, 3.63) is 69.4 Å². The SMILES string of the molecule is Cc1ccc(F)cc1C(=O)c1ccccc1Br. The third-order valence-corrected chi connectivity index (χ3v) is 3.25. The number of carbonyl (C=O) groups is 1. The molecule has 2 aromatic rings. The van der Waals surface area contributed by atoms with E-state index in [1.807, 2.05) is 6.07 Å². The summed E-state index contributed by atoms with van der Waals surface area (Å²) < 4.78 is 13.9. The third kappa shape index (κ3) is 2.44. The molecule has 0 aliphatic rings. The molecule has 0 aliphatic carbocycles. The summed E-state index contributed by atoms with van der Waals surface area (Å²) in [4.78, 5) is 12.2. The predicted octanol–water partition coefficient (Wildman–Crippen LogP) is 4.13. The first kappa shape index (κ1) is 12.0. The molecule has 1 nitrogen and oxygen atoms in total. The molecule has 0 saturated carbocycles. The number of hydrogen-bond donors (Lipinski definition) is 0. The first-order valence-electron chi connectivity index (χ1n) is 5.15. The molecule has 0 aromatic heterocycles. The average molecular weight is 293 g/mol. The van der Waals surface area contributed by atoms with Gasteiger partial charge in [0.1, 0.15) is 5.82 Å². The van der Waals surface area contributed by atoms with Crippen molar-refractivity contribution in [2.45, 2.75) is 6.92 Å². The van der Waals surface area contributed by atoms with E-state index in [1.165, 1.54) is 12.1 Å². The summed E-state index contributed by atoms with van der Waals surface area (Å²) in [7, 11) is 0. The number of ketones is 1. The second-order valence-electron chi connectivity index (χ2n) is 3.77. The third-order valence-electron chi connectivity index (χ3n) is 2.56. The van der Waals surface area contributed by atoms with Gasteiger partial charge in [-0.05, 0) is 36.8 Å². The summed E-state index contributed by atoms with van der Waals surface area (Å²) in [5.41, 5.74) is 1.71. The molecule has 0 radical (unpaired) electrons. The van der Waals surface area contributed by atoms with E-state index >= 15 is 0 Å². The maximum absolute atomic E-state index is 13.2. The summed E-state index contributed by atoms with van der Waals surface area (Å²) in [6.07, 6.45) is 0. The summed E-state index contributed by atoms with van der Waals surface area (Å²) in [5.74, 6) is -0.569. The lowest BCUT2D eigenvalue weighted by molar-refractivity contribution is 0.103. The zero-order valence-corrected chi connectivity index (χ0v) is 10.8. The van der Waals surface area contributed by atoms with E-state index in [0.717, 1.165) is 5.56 Å². The first-order valence-corrected chi connectivity index (χ1v) is 5.94. The lowest BCUT2D eigenvalue weighted by atomic mass is 9.99. The highest BCUT2D eigenvalue weighted by Crippen LogP contribution is 2.21. The zero-order chi connectivity index (χ0) is 12.4. The first-order chi connectivity index (χ1) is 8.09. The number of halogens is 2. The Labute approximate surface area is 107 Å². The van der Waals surface area contributed by atoms with Gasteiger partial charge in [-0.15, -0.1) is 0 Å². The van der Waals surface area contributed by atoms with Crippen LogP contribution in [0.3, 0.4) is 0 Å². The second kappa shape index (κ2) is 4.80. The number of benzene rings is 2. The van der Waals surface area contributed by atoms with Crippen molar-refractivity contribution in [2.75, 3.05) is 0 Å². The molecule has 0 heterocycles. The lowest BCUT2D eigenvalue weighted by Crippen LogP contribution is -2.05. The molecule has 0 unspecified atom stereocenters. The maximum atomic E-state index is 13.2. The molecule has 0 N–H and O–H groups in total. The smallest absolute Gasteiger partial charge is 0.194 e. The van der Waals surface area contributed by atoms with Crippen molar-refractivity contribution in [1.82, 2.24) is 0 Å². The Hall–Kier alpha value is -1.48. The van der Waals surface area contributed by atoms with E-state index in [1.54, 1.807) is 31.2 Å². The molecular weight excluding hydrogens is 283 g/mol. The van der Waals surface area contributed by atoms with Gasteiger partial charge in [0.15, 0.2) is 5.78 Å². The highest BCUT2D eigenvalue weighted by molar-refractivity contribution is 9.10. The van der Waals surface area contributed by atoms with Crippen LogP contribution in [0.4, 0.5) is 4.39 Å². The van der Waals surface area contributed by atoms with Crippen LogP contribution < -0.4 is 0 Å². The Bertz CT molecular complexity index is 578. The van der Waals surface area contributed by atoms with Crippen LogP contribution in [0.25, 0.3) is 0 Å². The minimum absolute atomic E-state index is 0.172. The Morgan fingerprint density at radius 3 is 2.53 bits per heavy atom. The topological polar surface area (TPSA) is 17.1 Å².